The third-order valence-electron chi connectivity index (χ3n) is 3.72. The van der Waals surface area contributed by atoms with E-state index in [0.29, 0.717) is 26.2 Å². The minimum absolute atomic E-state index is 0.124. The van der Waals surface area contributed by atoms with Gasteiger partial charge in [0.25, 0.3) is 5.91 Å². The average Bonchev–Trinajstić information content (AvgIpc) is 2.80. The summed E-state index contributed by atoms with van der Waals surface area (Å²) in [5.41, 5.74) is 2.60. The first-order valence-electron chi connectivity index (χ1n) is 7.22. The van der Waals surface area contributed by atoms with Gasteiger partial charge >= 0.3 is 0 Å². The zero-order chi connectivity index (χ0) is 17.3. The van der Waals surface area contributed by atoms with Crippen molar-refractivity contribution in [2.24, 2.45) is 0 Å². The lowest BCUT2D eigenvalue weighted by Crippen LogP contribution is -2.22. The van der Waals surface area contributed by atoms with Crippen molar-refractivity contribution in [1.29, 1.82) is 0 Å². The largest absolute Gasteiger partial charge is 0.507 e. The lowest BCUT2D eigenvalue weighted by molar-refractivity contribution is -0.121. The first kappa shape index (κ1) is 17.0. The molecule has 0 aromatic heterocycles. The van der Waals surface area contributed by atoms with Crippen LogP contribution in [0.25, 0.3) is 6.08 Å². The number of hydrogen-bond donors (Lipinski definition) is 1. The van der Waals surface area contributed by atoms with Crippen molar-refractivity contribution in [1.82, 2.24) is 4.90 Å². The highest BCUT2D eigenvalue weighted by atomic mass is 35.5. The Hall–Kier alpha value is -1.82. The monoisotopic (exact) mass is 375 g/mol. The maximum atomic E-state index is 12.1. The summed E-state index contributed by atoms with van der Waals surface area (Å²) >= 11 is 12.6. The van der Waals surface area contributed by atoms with Crippen LogP contribution in [0.4, 0.5) is 0 Å². The van der Waals surface area contributed by atoms with Gasteiger partial charge in [-0.2, -0.15) is 0 Å². The maximum Gasteiger partial charge on any atom is 0.265 e. The van der Waals surface area contributed by atoms with Crippen LogP contribution in [0.3, 0.4) is 0 Å². The SMILES string of the molecule is CN1C(=O)C(=Cc2cc(Cc3ccccc3Cl)ccc2O)SC1=S. The summed E-state index contributed by atoms with van der Waals surface area (Å²) in [4.78, 5) is 14.0. The summed E-state index contributed by atoms with van der Waals surface area (Å²) in [6.07, 6.45) is 2.32. The number of halogens is 1. The number of aromatic hydroxyl groups is 1. The number of hydrogen-bond acceptors (Lipinski definition) is 4. The number of rotatable bonds is 3. The molecule has 122 valence electrons. The van der Waals surface area contributed by atoms with Crippen molar-refractivity contribution >= 4 is 51.9 Å². The number of carbonyl (C=O) groups is 1. The van der Waals surface area contributed by atoms with E-state index in [4.69, 9.17) is 23.8 Å². The molecule has 0 unspecified atom stereocenters. The van der Waals surface area contributed by atoms with Gasteiger partial charge < -0.3 is 5.11 Å². The second kappa shape index (κ2) is 6.97. The summed E-state index contributed by atoms with van der Waals surface area (Å²) in [7, 11) is 1.65. The van der Waals surface area contributed by atoms with Crippen LogP contribution in [-0.4, -0.2) is 27.3 Å². The van der Waals surface area contributed by atoms with E-state index in [1.54, 1.807) is 19.2 Å². The fourth-order valence-electron chi connectivity index (χ4n) is 2.38. The molecule has 2 aromatic carbocycles. The predicted molar refractivity (Wildman–Crippen MR) is 103 cm³/mol. The van der Waals surface area contributed by atoms with Crippen LogP contribution in [0.5, 0.6) is 5.75 Å². The van der Waals surface area contributed by atoms with Gasteiger partial charge in [0.05, 0.1) is 4.91 Å². The van der Waals surface area contributed by atoms with E-state index in [-0.39, 0.29) is 11.7 Å². The second-order valence-corrected chi connectivity index (χ2v) is 7.49. The molecule has 0 aliphatic carbocycles. The molecule has 1 saturated heterocycles. The van der Waals surface area contributed by atoms with Crippen LogP contribution < -0.4 is 0 Å². The molecule has 0 bridgehead atoms. The fourth-order valence-corrected chi connectivity index (χ4v) is 3.75. The van der Waals surface area contributed by atoms with Crippen LogP contribution in [0.1, 0.15) is 16.7 Å². The van der Waals surface area contributed by atoms with Crippen LogP contribution in [0, 0.1) is 0 Å². The summed E-state index contributed by atoms with van der Waals surface area (Å²) in [5, 5.41) is 10.8. The topological polar surface area (TPSA) is 40.5 Å². The molecule has 0 radical (unpaired) electrons. The van der Waals surface area contributed by atoms with Crippen molar-refractivity contribution in [2.45, 2.75) is 6.42 Å². The number of thiocarbonyl (C=S) groups is 1. The van der Waals surface area contributed by atoms with Crippen molar-refractivity contribution in [2.75, 3.05) is 7.05 Å². The van der Waals surface area contributed by atoms with E-state index in [0.717, 1.165) is 11.1 Å². The van der Waals surface area contributed by atoms with Gasteiger partial charge in [0, 0.05) is 17.6 Å². The number of phenolic OH excluding ortho intramolecular Hbond substituents is 1. The Labute approximate surface area is 154 Å². The van der Waals surface area contributed by atoms with E-state index in [1.807, 2.05) is 36.4 Å². The van der Waals surface area contributed by atoms with Crippen molar-refractivity contribution in [3.63, 3.8) is 0 Å². The average molecular weight is 376 g/mol. The molecule has 0 spiro atoms. The Bertz CT molecular complexity index is 864. The van der Waals surface area contributed by atoms with Gasteiger partial charge in [-0.15, -0.1) is 0 Å². The molecule has 1 aliphatic heterocycles. The predicted octanol–water partition coefficient (Wildman–Crippen LogP) is 4.47. The van der Waals surface area contributed by atoms with Gasteiger partial charge in [-0.1, -0.05) is 59.8 Å². The Morgan fingerprint density at radius 3 is 2.71 bits per heavy atom. The van der Waals surface area contributed by atoms with E-state index >= 15 is 0 Å². The molecule has 2 aromatic rings. The summed E-state index contributed by atoms with van der Waals surface area (Å²) in [6.45, 7) is 0. The molecule has 1 amide bonds. The van der Waals surface area contributed by atoms with Gasteiger partial charge in [-0.3, -0.25) is 9.69 Å². The molecule has 3 rings (SSSR count). The zero-order valence-corrected chi connectivity index (χ0v) is 15.2. The number of benzene rings is 2. The van der Waals surface area contributed by atoms with Gasteiger partial charge in [0.1, 0.15) is 10.1 Å². The minimum atomic E-state index is -0.152. The molecule has 0 atom stereocenters. The van der Waals surface area contributed by atoms with E-state index in [9.17, 15) is 9.90 Å². The smallest absolute Gasteiger partial charge is 0.265 e. The van der Waals surface area contributed by atoms with E-state index in [1.165, 1.54) is 16.7 Å². The Balaban J connectivity index is 1.92. The van der Waals surface area contributed by atoms with Crippen molar-refractivity contribution in [3.8, 4) is 5.75 Å². The molecule has 1 heterocycles. The zero-order valence-electron chi connectivity index (χ0n) is 12.8. The van der Waals surface area contributed by atoms with E-state index < -0.39 is 0 Å². The summed E-state index contributed by atoms with van der Waals surface area (Å²) in [5.74, 6) is -0.0276. The summed E-state index contributed by atoms with van der Waals surface area (Å²) < 4.78 is 0.512. The molecule has 24 heavy (non-hydrogen) atoms. The van der Waals surface area contributed by atoms with Gasteiger partial charge in [0.2, 0.25) is 0 Å². The molecule has 1 N–H and O–H groups in total. The number of thioether (sulfide) groups is 1. The lowest BCUT2D eigenvalue weighted by atomic mass is 10.0. The van der Waals surface area contributed by atoms with Gasteiger partial charge in [-0.25, -0.2) is 0 Å². The quantitative estimate of drug-likeness (QED) is 0.634. The Morgan fingerprint density at radius 2 is 2.04 bits per heavy atom. The Kier molecular flexibility index (Phi) is 4.94. The third-order valence-corrected chi connectivity index (χ3v) is 5.57. The normalized spacial score (nSPS) is 16.2. The van der Waals surface area contributed by atoms with Crippen LogP contribution in [0.2, 0.25) is 5.02 Å². The highest BCUT2D eigenvalue weighted by molar-refractivity contribution is 8.26. The standard InChI is InChI=1S/C18H14ClNO2S2/c1-20-17(22)16(24-18(20)23)10-13-9-11(6-7-15(13)21)8-12-4-2-3-5-14(12)19/h2-7,9-10,21H,8H2,1H3. The molecular weight excluding hydrogens is 362 g/mol. The summed E-state index contributed by atoms with van der Waals surface area (Å²) in [6, 6.07) is 13.0. The van der Waals surface area contributed by atoms with Gasteiger partial charge in [-0.05, 0) is 41.8 Å². The van der Waals surface area contributed by atoms with Crippen molar-refractivity contribution in [3.05, 3.63) is 69.1 Å². The molecular formula is C18H14ClNO2S2. The number of phenols is 1. The maximum absolute atomic E-state index is 12.1. The second-order valence-electron chi connectivity index (χ2n) is 5.40. The number of nitrogens with zero attached hydrogens (tertiary/aromatic N) is 1. The highest BCUT2D eigenvalue weighted by Gasteiger charge is 2.28. The Morgan fingerprint density at radius 1 is 1.29 bits per heavy atom. The van der Waals surface area contributed by atoms with Crippen LogP contribution in [-0.2, 0) is 11.2 Å². The van der Waals surface area contributed by atoms with Crippen LogP contribution >= 0.6 is 35.6 Å². The van der Waals surface area contributed by atoms with Gasteiger partial charge in [0.15, 0.2) is 0 Å². The molecule has 3 nitrogen and oxygen atoms in total. The molecule has 1 aliphatic rings. The third kappa shape index (κ3) is 3.48. The van der Waals surface area contributed by atoms with Crippen LogP contribution in [0.15, 0.2) is 47.4 Å². The number of carbonyl (C=O) groups excluding carboxylic acids is 1. The molecule has 6 heteroatoms. The van der Waals surface area contributed by atoms with E-state index in [2.05, 4.69) is 0 Å². The lowest BCUT2D eigenvalue weighted by Gasteiger charge is -2.07. The molecule has 0 saturated carbocycles. The first-order chi connectivity index (χ1) is 11.5. The highest BCUT2D eigenvalue weighted by Crippen LogP contribution is 2.33. The number of amides is 1. The van der Waals surface area contributed by atoms with Crippen molar-refractivity contribution < 1.29 is 9.90 Å². The first-order valence-corrected chi connectivity index (χ1v) is 8.83. The minimum Gasteiger partial charge on any atom is -0.507 e. The fraction of sp³-hybridized carbons (Fsp3) is 0.111. The number of likely N-dealkylation sites (N-methyl/N-ethyl adjacent to an activating group) is 1. The molecule has 1 fully saturated rings.